The molecule has 2 rings (SSSR count). The Bertz CT molecular complexity index is 744. The van der Waals surface area contributed by atoms with Crippen molar-refractivity contribution in [3.8, 4) is 0 Å². The molecular weight excluding hydrogens is 336 g/mol. The maximum Gasteiger partial charge on any atom is 0.329 e. The monoisotopic (exact) mass is 358 g/mol. The molecule has 8 nitrogen and oxygen atoms in total. The average molecular weight is 358 g/mol. The summed E-state index contributed by atoms with van der Waals surface area (Å²) in [7, 11) is -0.986. The highest BCUT2D eigenvalue weighted by Crippen LogP contribution is 2.29. The molecule has 1 aromatic heterocycles. The van der Waals surface area contributed by atoms with Crippen molar-refractivity contribution in [2.45, 2.75) is 49.5 Å². The molecule has 24 heavy (non-hydrogen) atoms. The van der Waals surface area contributed by atoms with Gasteiger partial charge in [0, 0.05) is 20.2 Å². The first kappa shape index (κ1) is 18.5. The summed E-state index contributed by atoms with van der Waals surface area (Å²) in [6.45, 7) is 1.45. The van der Waals surface area contributed by atoms with Crippen LogP contribution in [0.15, 0.2) is 15.4 Å². The maximum atomic E-state index is 12.4. The molecule has 0 unspecified atom stereocenters. The van der Waals surface area contributed by atoms with Crippen molar-refractivity contribution in [3.63, 3.8) is 0 Å². The van der Waals surface area contributed by atoms with Crippen LogP contribution in [0.2, 0.25) is 0 Å². The van der Waals surface area contributed by atoms with Gasteiger partial charge in [-0.2, -0.15) is 0 Å². The number of aliphatic carboxylic acids is 1. The van der Waals surface area contributed by atoms with Crippen LogP contribution in [0, 0.1) is 6.92 Å². The third-order valence-electron chi connectivity index (χ3n) is 4.32. The lowest BCUT2D eigenvalue weighted by Crippen LogP contribution is -2.55. The van der Waals surface area contributed by atoms with Gasteiger partial charge in [-0.05, 0) is 19.8 Å². The lowest BCUT2D eigenvalue weighted by molar-refractivity contribution is -0.145. The summed E-state index contributed by atoms with van der Waals surface area (Å²) in [5, 5.41) is 12.0. The predicted octanol–water partition coefficient (Wildman–Crippen LogP) is 1.36. The van der Waals surface area contributed by atoms with Gasteiger partial charge in [0.2, 0.25) is 10.0 Å². The second kappa shape index (κ2) is 6.56. The molecule has 1 aliphatic rings. The number of carboxylic acid groups (broad SMARTS) is 1. The van der Waals surface area contributed by atoms with E-state index in [-0.39, 0.29) is 16.4 Å². The number of carbonyl (C=O) groups excluding carboxylic acids is 1. The van der Waals surface area contributed by atoms with Crippen molar-refractivity contribution in [3.05, 3.63) is 17.6 Å². The number of carbonyl (C=O) groups is 2. The SMILES string of the molecule is Cc1oc(C(=O)NC2(C(=O)O)CCCCC2)cc1S(=O)(=O)N(C)C. The number of aryl methyl sites for hydroxylation is 1. The third-order valence-corrected chi connectivity index (χ3v) is 6.25. The summed E-state index contributed by atoms with van der Waals surface area (Å²) in [6, 6.07) is 1.14. The van der Waals surface area contributed by atoms with Gasteiger partial charge >= 0.3 is 5.97 Å². The number of furan rings is 1. The van der Waals surface area contributed by atoms with Crippen molar-refractivity contribution in [2.75, 3.05) is 14.1 Å². The van der Waals surface area contributed by atoms with E-state index < -0.39 is 27.4 Å². The van der Waals surface area contributed by atoms with Crippen LogP contribution in [0.3, 0.4) is 0 Å². The van der Waals surface area contributed by atoms with E-state index in [1.165, 1.54) is 21.0 Å². The fourth-order valence-electron chi connectivity index (χ4n) is 2.86. The van der Waals surface area contributed by atoms with Crippen LogP contribution >= 0.6 is 0 Å². The van der Waals surface area contributed by atoms with Crippen LogP contribution in [-0.2, 0) is 14.8 Å². The molecule has 0 spiro atoms. The first-order valence-corrected chi connectivity index (χ1v) is 9.13. The Hall–Kier alpha value is -1.87. The molecule has 9 heteroatoms. The Morgan fingerprint density at radius 2 is 1.83 bits per heavy atom. The Kier molecular flexibility index (Phi) is 5.05. The second-order valence-corrected chi connectivity index (χ2v) is 8.34. The van der Waals surface area contributed by atoms with E-state index in [9.17, 15) is 23.1 Å². The molecule has 1 saturated carbocycles. The molecule has 1 aliphatic carbocycles. The Labute approximate surface area is 140 Å². The van der Waals surface area contributed by atoms with Crippen molar-refractivity contribution >= 4 is 21.9 Å². The van der Waals surface area contributed by atoms with Crippen molar-refractivity contribution in [1.29, 1.82) is 0 Å². The largest absolute Gasteiger partial charge is 0.480 e. The van der Waals surface area contributed by atoms with Gasteiger partial charge in [0.15, 0.2) is 5.76 Å². The highest BCUT2D eigenvalue weighted by atomic mass is 32.2. The van der Waals surface area contributed by atoms with Crippen LogP contribution in [0.4, 0.5) is 0 Å². The molecule has 0 aromatic carbocycles. The first-order chi connectivity index (χ1) is 11.1. The molecule has 1 amide bonds. The van der Waals surface area contributed by atoms with E-state index in [2.05, 4.69) is 5.32 Å². The minimum Gasteiger partial charge on any atom is -0.480 e. The molecule has 1 aromatic rings. The molecule has 0 atom stereocenters. The molecule has 1 fully saturated rings. The minimum absolute atomic E-state index is 0.0851. The minimum atomic E-state index is -3.74. The maximum absolute atomic E-state index is 12.4. The molecule has 134 valence electrons. The van der Waals surface area contributed by atoms with Crippen LogP contribution in [0.5, 0.6) is 0 Å². The average Bonchev–Trinajstić information content (AvgIpc) is 2.90. The van der Waals surface area contributed by atoms with Gasteiger partial charge in [-0.1, -0.05) is 19.3 Å². The lowest BCUT2D eigenvalue weighted by atomic mass is 9.81. The van der Waals surface area contributed by atoms with Crippen molar-refractivity contribution < 1.29 is 27.5 Å². The third kappa shape index (κ3) is 3.32. The highest BCUT2D eigenvalue weighted by Gasteiger charge is 2.42. The summed E-state index contributed by atoms with van der Waals surface area (Å²) in [5.74, 6) is -1.93. The van der Waals surface area contributed by atoms with Gasteiger partial charge in [-0.25, -0.2) is 17.5 Å². The number of nitrogens with one attached hydrogen (secondary N) is 1. The Morgan fingerprint density at radius 1 is 1.25 bits per heavy atom. The number of hydrogen-bond donors (Lipinski definition) is 2. The zero-order valence-corrected chi connectivity index (χ0v) is 14.8. The number of amides is 1. The summed E-state index contributed by atoms with van der Waals surface area (Å²) < 4.78 is 30.7. The van der Waals surface area contributed by atoms with Gasteiger partial charge < -0.3 is 14.8 Å². The lowest BCUT2D eigenvalue weighted by Gasteiger charge is -2.33. The normalized spacial score (nSPS) is 17.7. The van der Waals surface area contributed by atoms with Gasteiger partial charge in [0.25, 0.3) is 5.91 Å². The number of hydrogen-bond acceptors (Lipinski definition) is 5. The number of rotatable bonds is 5. The summed E-state index contributed by atoms with van der Waals surface area (Å²) in [6.07, 6.45) is 3.04. The molecule has 1 heterocycles. The summed E-state index contributed by atoms with van der Waals surface area (Å²) in [5.41, 5.74) is -1.32. The zero-order valence-electron chi connectivity index (χ0n) is 14.0. The quantitative estimate of drug-likeness (QED) is 0.821. The highest BCUT2D eigenvalue weighted by molar-refractivity contribution is 7.89. The number of carboxylic acids is 1. The van der Waals surface area contributed by atoms with E-state index in [4.69, 9.17) is 4.42 Å². The molecule has 0 radical (unpaired) electrons. The fraction of sp³-hybridized carbons (Fsp3) is 0.600. The van der Waals surface area contributed by atoms with Crippen molar-refractivity contribution in [1.82, 2.24) is 9.62 Å². The zero-order chi connectivity index (χ0) is 18.1. The van der Waals surface area contributed by atoms with Crippen LogP contribution in [-0.4, -0.2) is 49.3 Å². The molecule has 2 N–H and O–H groups in total. The topological polar surface area (TPSA) is 117 Å². The van der Waals surface area contributed by atoms with Gasteiger partial charge in [0.1, 0.15) is 16.2 Å². The Morgan fingerprint density at radius 3 is 2.33 bits per heavy atom. The van der Waals surface area contributed by atoms with E-state index in [0.29, 0.717) is 25.7 Å². The molecular formula is C15H22N2O6S. The molecule has 0 aliphatic heterocycles. The second-order valence-electron chi connectivity index (χ2n) is 6.22. The summed E-state index contributed by atoms with van der Waals surface area (Å²) >= 11 is 0. The number of nitrogens with zero attached hydrogens (tertiary/aromatic N) is 1. The van der Waals surface area contributed by atoms with E-state index in [1.807, 2.05) is 0 Å². The van der Waals surface area contributed by atoms with Crippen molar-refractivity contribution in [2.24, 2.45) is 0 Å². The predicted molar refractivity (Wildman–Crippen MR) is 85.2 cm³/mol. The smallest absolute Gasteiger partial charge is 0.329 e. The molecule has 0 saturated heterocycles. The first-order valence-electron chi connectivity index (χ1n) is 7.69. The van der Waals surface area contributed by atoms with E-state index in [0.717, 1.165) is 16.8 Å². The van der Waals surface area contributed by atoms with Gasteiger partial charge in [0.05, 0.1) is 0 Å². The molecule has 0 bridgehead atoms. The van der Waals surface area contributed by atoms with Crippen LogP contribution < -0.4 is 5.32 Å². The number of sulfonamides is 1. The summed E-state index contributed by atoms with van der Waals surface area (Å²) in [4.78, 5) is 23.9. The Balaban J connectivity index is 2.29. The van der Waals surface area contributed by atoms with Crippen LogP contribution in [0.25, 0.3) is 0 Å². The van der Waals surface area contributed by atoms with Crippen LogP contribution in [0.1, 0.15) is 48.4 Å². The fourth-order valence-corrected chi connectivity index (χ4v) is 3.91. The van der Waals surface area contributed by atoms with Gasteiger partial charge in [-0.15, -0.1) is 0 Å². The van der Waals surface area contributed by atoms with Gasteiger partial charge in [-0.3, -0.25) is 4.79 Å². The standard InChI is InChI=1S/C15H22N2O6S/c1-10-12(24(21,22)17(2)3)9-11(23-10)13(18)16-15(14(19)20)7-5-4-6-8-15/h9H,4-8H2,1-3H3,(H,16,18)(H,19,20). The van der Waals surface area contributed by atoms with E-state index in [1.54, 1.807) is 0 Å². The van der Waals surface area contributed by atoms with E-state index >= 15 is 0 Å².